The Balaban J connectivity index is 1.81. The highest BCUT2D eigenvalue weighted by Crippen LogP contribution is 2.20. The van der Waals surface area contributed by atoms with Gasteiger partial charge in [-0.2, -0.15) is 5.10 Å². The van der Waals surface area contributed by atoms with Gasteiger partial charge in [-0.3, -0.25) is 4.72 Å². The maximum Gasteiger partial charge on any atom is 0.235 e. The number of hydrogen-bond donors (Lipinski definition) is 1. The smallest absolute Gasteiger partial charge is 0.235 e. The summed E-state index contributed by atoms with van der Waals surface area (Å²) in [6.45, 7) is 3.47. The number of para-hydroxylation sites is 1. The minimum Gasteiger partial charge on any atom is -0.378 e. The van der Waals surface area contributed by atoms with E-state index in [0.717, 1.165) is 16.6 Å². The van der Waals surface area contributed by atoms with Crippen LogP contribution in [-0.2, 0) is 14.8 Å². The average Bonchev–Trinajstić information content (AvgIpc) is 2.98. The van der Waals surface area contributed by atoms with Gasteiger partial charge in [-0.25, -0.2) is 13.1 Å². The van der Waals surface area contributed by atoms with Crippen LogP contribution in [0.3, 0.4) is 0 Å². The third-order valence-electron chi connectivity index (χ3n) is 3.95. The minimum atomic E-state index is -3.50. The van der Waals surface area contributed by atoms with E-state index in [1.807, 2.05) is 41.1 Å². The Bertz CT molecular complexity index is 976. The van der Waals surface area contributed by atoms with Gasteiger partial charge in [-0.05, 0) is 44.2 Å². The molecular weight excluding hydrogens is 338 g/mol. The predicted octanol–water partition coefficient (Wildman–Crippen LogP) is 3.19. The third-order valence-corrected chi connectivity index (χ3v) is 5.57. The molecule has 0 saturated heterocycles. The molecule has 0 aliphatic rings. The second kappa shape index (κ2) is 6.50. The van der Waals surface area contributed by atoms with Crippen molar-refractivity contribution in [2.24, 2.45) is 0 Å². The number of methoxy groups -OCH3 is 1. The number of hydrogen-bond acceptors (Lipinski definition) is 4. The maximum atomic E-state index is 12.3. The topological polar surface area (TPSA) is 73.2 Å². The van der Waals surface area contributed by atoms with Crippen LogP contribution in [0.5, 0.6) is 0 Å². The van der Waals surface area contributed by atoms with Crippen molar-refractivity contribution < 1.29 is 13.2 Å². The maximum absolute atomic E-state index is 12.3. The number of rotatable bonds is 6. The number of aromatic nitrogens is 2. The number of ether oxygens (including phenoxy) is 1. The van der Waals surface area contributed by atoms with Crippen molar-refractivity contribution in [1.29, 1.82) is 0 Å². The van der Waals surface area contributed by atoms with E-state index in [9.17, 15) is 8.42 Å². The lowest BCUT2D eigenvalue weighted by molar-refractivity contribution is 0.0426. The van der Waals surface area contributed by atoms with E-state index in [-0.39, 0.29) is 5.75 Å². The average molecular weight is 359 g/mol. The first-order valence-corrected chi connectivity index (χ1v) is 9.54. The molecule has 25 heavy (non-hydrogen) atoms. The van der Waals surface area contributed by atoms with Gasteiger partial charge in [-0.1, -0.05) is 18.2 Å². The van der Waals surface area contributed by atoms with Crippen molar-refractivity contribution in [2.45, 2.75) is 19.4 Å². The molecule has 2 aromatic carbocycles. The van der Waals surface area contributed by atoms with Gasteiger partial charge in [0, 0.05) is 18.2 Å². The van der Waals surface area contributed by atoms with Gasteiger partial charge in [0.25, 0.3) is 0 Å². The summed E-state index contributed by atoms with van der Waals surface area (Å²) < 4.78 is 34.1. The molecule has 0 fully saturated rings. The normalized spacial score (nSPS) is 12.4. The van der Waals surface area contributed by atoms with Gasteiger partial charge >= 0.3 is 0 Å². The van der Waals surface area contributed by atoms with E-state index >= 15 is 0 Å². The first kappa shape index (κ1) is 17.4. The molecule has 0 bridgehead atoms. The highest BCUT2D eigenvalue weighted by atomic mass is 32.2. The number of anilines is 1. The van der Waals surface area contributed by atoms with Crippen LogP contribution in [0, 0.1) is 0 Å². The Labute approximate surface area is 147 Å². The summed E-state index contributed by atoms with van der Waals surface area (Å²) in [6, 6.07) is 15.0. The Morgan fingerprint density at radius 1 is 1.12 bits per heavy atom. The molecule has 0 radical (unpaired) electrons. The number of benzene rings is 2. The Morgan fingerprint density at radius 2 is 1.80 bits per heavy atom. The lowest BCUT2D eigenvalue weighted by Gasteiger charge is -2.22. The molecular formula is C18H21N3O3S. The molecule has 0 aliphatic carbocycles. The standard InChI is InChI=1S/C18H21N3O3S/c1-18(2,24-3)13-25(22,23)20-15-8-10-16(11-9-15)21-17-7-5-4-6-14(17)12-19-21/h4-12,20H,13H2,1-3H3. The first-order chi connectivity index (χ1) is 11.8. The summed E-state index contributed by atoms with van der Waals surface area (Å²) in [5.41, 5.74) is 1.62. The van der Waals surface area contributed by atoms with Gasteiger partial charge < -0.3 is 4.74 Å². The van der Waals surface area contributed by atoms with Crippen LogP contribution >= 0.6 is 0 Å². The van der Waals surface area contributed by atoms with Gasteiger partial charge in [0.2, 0.25) is 10.0 Å². The van der Waals surface area contributed by atoms with E-state index in [0.29, 0.717) is 5.69 Å². The van der Waals surface area contributed by atoms with Crippen molar-refractivity contribution in [2.75, 3.05) is 17.6 Å². The molecule has 0 spiro atoms. The second-order valence-corrected chi connectivity index (χ2v) is 8.21. The molecule has 0 atom stereocenters. The molecule has 0 aliphatic heterocycles. The van der Waals surface area contributed by atoms with Crippen molar-refractivity contribution in [1.82, 2.24) is 9.78 Å². The SMILES string of the molecule is COC(C)(C)CS(=O)(=O)Nc1ccc(-n2ncc3ccccc32)cc1. The molecule has 1 heterocycles. The summed E-state index contributed by atoms with van der Waals surface area (Å²) in [5, 5.41) is 5.44. The molecule has 3 aromatic rings. The molecule has 1 N–H and O–H groups in total. The fraction of sp³-hybridized carbons (Fsp3) is 0.278. The van der Waals surface area contributed by atoms with Crippen LogP contribution in [0.15, 0.2) is 54.7 Å². The highest BCUT2D eigenvalue weighted by molar-refractivity contribution is 7.92. The molecule has 6 nitrogen and oxygen atoms in total. The van der Waals surface area contributed by atoms with Crippen LogP contribution in [0.1, 0.15) is 13.8 Å². The van der Waals surface area contributed by atoms with E-state index in [4.69, 9.17) is 4.74 Å². The van der Waals surface area contributed by atoms with Crippen molar-refractivity contribution >= 4 is 26.6 Å². The Morgan fingerprint density at radius 3 is 2.48 bits per heavy atom. The van der Waals surface area contributed by atoms with Crippen LogP contribution < -0.4 is 4.72 Å². The lowest BCUT2D eigenvalue weighted by Crippen LogP contribution is -2.35. The molecule has 0 amide bonds. The summed E-state index contributed by atoms with van der Waals surface area (Å²) in [7, 11) is -2.00. The van der Waals surface area contributed by atoms with Crippen molar-refractivity contribution in [3.63, 3.8) is 0 Å². The largest absolute Gasteiger partial charge is 0.378 e. The number of nitrogens with zero attached hydrogens (tertiary/aromatic N) is 2. The first-order valence-electron chi connectivity index (χ1n) is 7.88. The summed E-state index contributed by atoms with van der Waals surface area (Å²) in [5.74, 6) is -0.123. The summed E-state index contributed by atoms with van der Waals surface area (Å²) in [4.78, 5) is 0. The molecule has 1 aromatic heterocycles. The monoisotopic (exact) mass is 359 g/mol. The van der Waals surface area contributed by atoms with Crippen LogP contribution in [0.2, 0.25) is 0 Å². The predicted molar refractivity (Wildman–Crippen MR) is 99.6 cm³/mol. The number of sulfonamides is 1. The van der Waals surface area contributed by atoms with Gasteiger partial charge in [0.15, 0.2) is 0 Å². The zero-order valence-electron chi connectivity index (χ0n) is 14.4. The van der Waals surface area contributed by atoms with Gasteiger partial charge in [-0.15, -0.1) is 0 Å². The molecule has 3 rings (SSSR count). The molecule has 0 saturated carbocycles. The third kappa shape index (κ3) is 4.00. The molecule has 132 valence electrons. The molecule has 7 heteroatoms. The fourth-order valence-corrected chi connectivity index (χ4v) is 4.18. The highest BCUT2D eigenvalue weighted by Gasteiger charge is 2.25. The van der Waals surface area contributed by atoms with Gasteiger partial charge in [0.1, 0.15) is 0 Å². The van der Waals surface area contributed by atoms with Crippen molar-refractivity contribution in [3.05, 3.63) is 54.7 Å². The number of fused-ring (bicyclic) bond motifs is 1. The van der Waals surface area contributed by atoms with E-state index in [2.05, 4.69) is 9.82 Å². The van der Waals surface area contributed by atoms with E-state index < -0.39 is 15.6 Å². The van der Waals surface area contributed by atoms with Crippen molar-refractivity contribution in [3.8, 4) is 5.69 Å². The summed E-state index contributed by atoms with van der Waals surface area (Å²) in [6.07, 6.45) is 1.80. The minimum absolute atomic E-state index is 0.123. The zero-order chi connectivity index (χ0) is 18.1. The van der Waals surface area contributed by atoms with Gasteiger partial charge in [0.05, 0.1) is 28.8 Å². The van der Waals surface area contributed by atoms with Crippen LogP contribution in [0.25, 0.3) is 16.6 Å². The van der Waals surface area contributed by atoms with E-state index in [1.54, 1.807) is 32.2 Å². The number of nitrogens with one attached hydrogen (secondary N) is 1. The second-order valence-electron chi connectivity index (χ2n) is 6.49. The summed E-state index contributed by atoms with van der Waals surface area (Å²) >= 11 is 0. The van der Waals surface area contributed by atoms with Crippen LogP contribution in [-0.4, -0.2) is 36.7 Å². The zero-order valence-corrected chi connectivity index (χ0v) is 15.2. The van der Waals surface area contributed by atoms with Crippen LogP contribution in [0.4, 0.5) is 5.69 Å². The lowest BCUT2D eigenvalue weighted by atomic mass is 10.2. The van der Waals surface area contributed by atoms with E-state index in [1.165, 1.54) is 7.11 Å². The quantitative estimate of drug-likeness (QED) is 0.733. The Hall–Kier alpha value is -2.38. The Kier molecular flexibility index (Phi) is 4.53. The molecule has 0 unspecified atom stereocenters. The fourth-order valence-electron chi connectivity index (χ4n) is 2.58.